The highest BCUT2D eigenvalue weighted by Crippen LogP contribution is 2.72. The van der Waals surface area contributed by atoms with Crippen LogP contribution in [-0.2, 0) is 33.4 Å². The summed E-state index contributed by atoms with van der Waals surface area (Å²) in [5.41, 5.74) is -6.06. The minimum absolute atomic E-state index is 0.0867. The molecule has 1 saturated heterocycles. The summed E-state index contributed by atoms with van der Waals surface area (Å²) in [6, 6.07) is 0. The number of aliphatic hydroxyl groups excluding tert-OH is 1. The molecule has 9 nitrogen and oxygen atoms in total. The van der Waals surface area contributed by atoms with E-state index in [1.54, 1.807) is 40.7 Å². The first-order valence-corrected chi connectivity index (χ1v) is 14.4. The summed E-state index contributed by atoms with van der Waals surface area (Å²) in [5.74, 6) is -4.64. The zero-order valence-electron chi connectivity index (χ0n) is 24.6. The van der Waals surface area contributed by atoms with E-state index in [1.807, 2.05) is 6.92 Å². The Morgan fingerprint density at radius 3 is 2.49 bits per heavy atom. The Morgan fingerprint density at radius 1 is 1.15 bits per heavy atom. The molecular weight excluding hydrogens is 535 g/mol. The molecule has 0 amide bonds. The van der Waals surface area contributed by atoms with Gasteiger partial charge in [0.25, 0.3) is 0 Å². The third-order valence-corrected chi connectivity index (χ3v) is 10.7. The zero-order valence-corrected chi connectivity index (χ0v) is 24.6. The van der Waals surface area contributed by atoms with Crippen molar-refractivity contribution in [2.75, 3.05) is 6.61 Å². The maximum atomic E-state index is 17.5. The number of aliphatic hydroxyl groups is 1. The molecule has 0 spiro atoms. The van der Waals surface area contributed by atoms with Gasteiger partial charge in [-0.2, -0.15) is 0 Å². The summed E-state index contributed by atoms with van der Waals surface area (Å²) in [6.45, 7) is 9.62. The fourth-order valence-electron chi connectivity index (χ4n) is 8.98. The zero-order chi connectivity index (χ0) is 30.4. The normalized spacial score (nSPS) is 42.4. The van der Waals surface area contributed by atoms with Gasteiger partial charge in [-0.3, -0.25) is 19.2 Å². The van der Waals surface area contributed by atoms with E-state index < -0.39 is 81.7 Å². The lowest BCUT2D eigenvalue weighted by Crippen LogP contribution is -2.70. The number of aliphatic carboxylic acids is 1. The number of carboxylic acid groups (broad SMARTS) is 1. The predicted molar refractivity (Wildman–Crippen MR) is 143 cm³/mol. The molecule has 0 unspecified atom stereocenters. The molecule has 0 radical (unpaired) electrons. The monoisotopic (exact) mass is 576 g/mol. The van der Waals surface area contributed by atoms with E-state index in [0.29, 0.717) is 24.8 Å². The number of fused-ring (bicyclic) bond motifs is 7. The number of carbonyl (C=O) groups excluding carboxylic acids is 3. The van der Waals surface area contributed by atoms with E-state index in [9.17, 15) is 24.3 Å². The smallest absolute Gasteiger partial charge is 0.306 e. The van der Waals surface area contributed by atoms with E-state index in [1.165, 1.54) is 12.2 Å². The SMILES string of the molecule is CC(C)(CC(=O)O)CC(=O)OCC(=O)[C@@]12OC(C)(C)O[C@@H]1C[C@H]1[C@@H]3CCC4=CC(=O)C=C[C@]4(C)[C@@]3(F)[C@@H](O)C[C@@]12C. The third-order valence-electron chi connectivity index (χ3n) is 10.7. The van der Waals surface area contributed by atoms with Crippen molar-refractivity contribution in [1.29, 1.82) is 0 Å². The number of alkyl halides is 1. The van der Waals surface area contributed by atoms with Crippen LogP contribution >= 0.6 is 0 Å². The number of ketones is 2. The van der Waals surface area contributed by atoms with Crippen LogP contribution in [0.25, 0.3) is 0 Å². The van der Waals surface area contributed by atoms with Crippen molar-refractivity contribution in [3.63, 3.8) is 0 Å². The van der Waals surface area contributed by atoms with Crippen LogP contribution in [0.5, 0.6) is 0 Å². The molecule has 1 heterocycles. The summed E-state index contributed by atoms with van der Waals surface area (Å²) in [6.07, 6.45) is 2.91. The minimum atomic E-state index is -2.07. The van der Waals surface area contributed by atoms with E-state index >= 15 is 4.39 Å². The van der Waals surface area contributed by atoms with Gasteiger partial charge >= 0.3 is 11.9 Å². The Labute approximate surface area is 239 Å². The first kappa shape index (κ1) is 30.0. The lowest BCUT2D eigenvalue weighted by Gasteiger charge is -2.62. The molecule has 0 aromatic heterocycles. The minimum Gasteiger partial charge on any atom is -0.481 e. The number of hydrogen-bond donors (Lipinski definition) is 2. The average molecular weight is 577 g/mol. The van der Waals surface area contributed by atoms with E-state index in [2.05, 4.69) is 0 Å². The molecule has 3 saturated carbocycles. The molecule has 2 N–H and O–H groups in total. The number of allylic oxidation sites excluding steroid dienone is 4. The lowest BCUT2D eigenvalue weighted by molar-refractivity contribution is -0.246. The van der Waals surface area contributed by atoms with Crippen molar-refractivity contribution in [1.82, 2.24) is 0 Å². The van der Waals surface area contributed by atoms with Crippen LogP contribution in [-0.4, -0.2) is 69.6 Å². The first-order chi connectivity index (χ1) is 18.8. The number of ether oxygens (including phenoxy) is 3. The van der Waals surface area contributed by atoms with Crippen LogP contribution in [0.1, 0.15) is 80.1 Å². The number of carboxylic acids is 1. The van der Waals surface area contributed by atoms with E-state index in [0.717, 1.165) is 0 Å². The second-order valence-electron chi connectivity index (χ2n) is 14.3. The van der Waals surface area contributed by atoms with Crippen LogP contribution < -0.4 is 0 Å². The maximum Gasteiger partial charge on any atom is 0.306 e. The van der Waals surface area contributed by atoms with Crippen molar-refractivity contribution in [2.24, 2.45) is 28.1 Å². The highest BCUT2D eigenvalue weighted by Gasteiger charge is 2.80. The van der Waals surface area contributed by atoms with E-state index in [-0.39, 0.29) is 25.0 Å². The predicted octanol–water partition coefficient (Wildman–Crippen LogP) is 3.86. The summed E-state index contributed by atoms with van der Waals surface area (Å²) in [7, 11) is 0. The Balaban J connectivity index is 1.45. The van der Waals surface area contributed by atoms with Crippen molar-refractivity contribution in [2.45, 2.75) is 109 Å². The lowest BCUT2D eigenvalue weighted by atomic mass is 9.44. The summed E-state index contributed by atoms with van der Waals surface area (Å²) >= 11 is 0. The highest BCUT2D eigenvalue weighted by atomic mass is 19.1. The van der Waals surface area contributed by atoms with Gasteiger partial charge in [0.15, 0.2) is 29.4 Å². The van der Waals surface area contributed by atoms with Gasteiger partial charge in [-0.05, 0) is 69.9 Å². The van der Waals surface area contributed by atoms with Crippen molar-refractivity contribution < 1.29 is 48.0 Å². The number of halogens is 1. The Hall–Kier alpha value is -2.43. The van der Waals surface area contributed by atoms with Crippen LogP contribution in [0.2, 0.25) is 0 Å². The molecule has 4 fully saturated rings. The number of Topliss-reactive ketones (excluding diaryl/α,β-unsaturated/α-hetero) is 1. The molecule has 0 aromatic rings. The molecule has 4 aliphatic carbocycles. The number of esters is 1. The molecule has 8 atom stereocenters. The number of hydrogen-bond acceptors (Lipinski definition) is 8. The Bertz CT molecular complexity index is 1250. The molecule has 0 bridgehead atoms. The van der Waals surface area contributed by atoms with Crippen molar-refractivity contribution in [3.05, 3.63) is 23.8 Å². The maximum absolute atomic E-state index is 17.5. The van der Waals surface area contributed by atoms with E-state index in [4.69, 9.17) is 19.3 Å². The van der Waals surface area contributed by atoms with Crippen molar-refractivity contribution >= 4 is 23.5 Å². The van der Waals surface area contributed by atoms with Crippen LogP contribution in [0.3, 0.4) is 0 Å². The topological polar surface area (TPSA) is 136 Å². The van der Waals surface area contributed by atoms with Crippen LogP contribution in [0.15, 0.2) is 23.8 Å². The van der Waals surface area contributed by atoms with Crippen LogP contribution in [0, 0.1) is 28.1 Å². The summed E-state index contributed by atoms with van der Waals surface area (Å²) < 4.78 is 35.6. The highest BCUT2D eigenvalue weighted by molar-refractivity contribution is 6.01. The van der Waals surface area contributed by atoms with Gasteiger partial charge in [-0.15, -0.1) is 0 Å². The van der Waals surface area contributed by atoms with Gasteiger partial charge in [0, 0.05) is 16.7 Å². The quantitative estimate of drug-likeness (QED) is 0.433. The van der Waals surface area contributed by atoms with Gasteiger partial charge in [0.05, 0.1) is 25.0 Å². The standard InChI is InChI=1S/C31H41FO9/c1-26(2,14-24(36)37)15-25(38)39-16-22(35)31-23(40-27(3,4)41-31)12-20-19-8-7-17-11-18(33)9-10-28(17,5)30(19,32)21(34)13-29(20,31)6/h9-11,19-21,23,34H,7-8,12-16H2,1-6H3,(H,36,37)/t19-,20-,21-,23+,28-,29-,30-,31+/m0/s1. The average Bonchev–Trinajstić information content (AvgIpc) is 3.23. The molecule has 0 aromatic carbocycles. The van der Waals surface area contributed by atoms with Gasteiger partial charge in [-0.25, -0.2) is 4.39 Å². The van der Waals surface area contributed by atoms with Gasteiger partial charge in [-0.1, -0.05) is 32.4 Å². The molecular formula is C31H41FO9. The molecule has 41 heavy (non-hydrogen) atoms. The van der Waals surface area contributed by atoms with Crippen molar-refractivity contribution in [3.8, 4) is 0 Å². The Morgan fingerprint density at radius 2 is 1.83 bits per heavy atom. The fourth-order valence-corrected chi connectivity index (χ4v) is 8.98. The second kappa shape index (κ2) is 9.28. The number of carbonyl (C=O) groups is 4. The molecule has 226 valence electrons. The molecule has 10 heteroatoms. The number of rotatable bonds is 7. The second-order valence-corrected chi connectivity index (χ2v) is 14.3. The van der Waals surface area contributed by atoms with Gasteiger partial charge in [0.1, 0.15) is 0 Å². The largest absolute Gasteiger partial charge is 0.481 e. The fraction of sp³-hybridized carbons (Fsp3) is 0.742. The molecule has 5 aliphatic rings. The third kappa shape index (κ3) is 4.27. The van der Waals surface area contributed by atoms with Crippen LogP contribution in [0.4, 0.5) is 4.39 Å². The van der Waals surface area contributed by atoms with Gasteiger partial charge < -0.3 is 24.4 Å². The first-order valence-electron chi connectivity index (χ1n) is 14.4. The molecule has 1 aliphatic heterocycles. The summed E-state index contributed by atoms with van der Waals surface area (Å²) in [4.78, 5) is 50.0. The summed E-state index contributed by atoms with van der Waals surface area (Å²) in [5, 5.41) is 20.8. The van der Waals surface area contributed by atoms with Gasteiger partial charge in [0.2, 0.25) is 5.78 Å². The molecule has 5 rings (SSSR count). The Kier molecular flexibility index (Phi) is 6.80.